The molecule has 0 radical (unpaired) electrons. The van der Waals surface area contributed by atoms with Crippen molar-refractivity contribution in [3.05, 3.63) is 0 Å². The Morgan fingerprint density at radius 2 is 2.36 bits per heavy atom. The van der Waals surface area contributed by atoms with E-state index in [1.807, 2.05) is 20.9 Å². The highest BCUT2D eigenvalue weighted by Crippen LogP contribution is 2.22. The van der Waals surface area contributed by atoms with Gasteiger partial charge in [-0.25, -0.2) is 0 Å². The molecule has 1 saturated heterocycles. The molecule has 3 nitrogen and oxygen atoms in total. The van der Waals surface area contributed by atoms with Crippen LogP contribution in [0.5, 0.6) is 0 Å². The Morgan fingerprint density at radius 1 is 1.71 bits per heavy atom. The lowest BCUT2D eigenvalue weighted by atomic mass is 10.0. The molecule has 1 rings (SSSR count). The van der Waals surface area contributed by atoms with Crippen molar-refractivity contribution in [1.82, 2.24) is 4.90 Å². The number of hydrogen-bond donors (Lipinski definition) is 0. The molecule has 0 spiro atoms. The smallest absolute Gasteiger partial charge is 0.228 e. The van der Waals surface area contributed by atoms with Gasteiger partial charge in [0, 0.05) is 25.0 Å². The molecule has 0 saturated carbocycles. The van der Waals surface area contributed by atoms with E-state index in [9.17, 15) is 4.79 Å². The summed E-state index contributed by atoms with van der Waals surface area (Å²) in [6.45, 7) is 5.48. The maximum Gasteiger partial charge on any atom is 0.228 e. The number of nitrogens with zero attached hydrogens (tertiary/aromatic N) is 1. The van der Waals surface area contributed by atoms with Crippen molar-refractivity contribution in [2.75, 3.05) is 20.2 Å². The lowest BCUT2D eigenvalue weighted by Gasteiger charge is -2.23. The normalized spacial score (nSPS) is 28.9. The highest BCUT2D eigenvalue weighted by molar-refractivity contribution is 9.09. The molecule has 4 heteroatoms. The van der Waals surface area contributed by atoms with Gasteiger partial charge in [0.15, 0.2) is 0 Å². The van der Waals surface area contributed by atoms with Crippen molar-refractivity contribution in [2.45, 2.75) is 31.2 Å². The molecule has 82 valence electrons. The Labute approximate surface area is 93.9 Å². The summed E-state index contributed by atoms with van der Waals surface area (Å²) in [6, 6.07) is 0. The highest BCUT2D eigenvalue weighted by atomic mass is 79.9. The van der Waals surface area contributed by atoms with Gasteiger partial charge in [-0.3, -0.25) is 4.79 Å². The first-order chi connectivity index (χ1) is 6.52. The fourth-order valence-electron chi connectivity index (χ4n) is 1.81. The average molecular weight is 264 g/mol. The van der Waals surface area contributed by atoms with Crippen molar-refractivity contribution in [3.8, 4) is 0 Å². The molecule has 0 aromatic rings. The Hall–Kier alpha value is -0.0900. The molecule has 3 unspecified atom stereocenters. The summed E-state index contributed by atoms with van der Waals surface area (Å²) >= 11 is 3.44. The molecule has 1 fully saturated rings. The van der Waals surface area contributed by atoms with Crippen molar-refractivity contribution in [2.24, 2.45) is 5.92 Å². The van der Waals surface area contributed by atoms with Gasteiger partial charge < -0.3 is 9.64 Å². The van der Waals surface area contributed by atoms with Crippen LogP contribution in [0.3, 0.4) is 0 Å². The monoisotopic (exact) mass is 263 g/mol. The van der Waals surface area contributed by atoms with Crippen LogP contribution >= 0.6 is 15.9 Å². The minimum Gasteiger partial charge on any atom is -0.378 e. The predicted molar refractivity (Wildman–Crippen MR) is 59.5 cm³/mol. The number of carbonyl (C=O) groups is 1. The minimum atomic E-state index is 0.0613. The maximum atomic E-state index is 11.9. The zero-order valence-electron chi connectivity index (χ0n) is 9.00. The summed E-state index contributed by atoms with van der Waals surface area (Å²) in [4.78, 5) is 14.0. The zero-order valence-corrected chi connectivity index (χ0v) is 10.6. The molecular formula is C10H18BrNO2. The van der Waals surface area contributed by atoms with E-state index in [0.29, 0.717) is 4.83 Å². The van der Waals surface area contributed by atoms with Crippen molar-refractivity contribution in [3.63, 3.8) is 0 Å². The quantitative estimate of drug-likeness (QED) is 0.725. The van der Waals surface area contributed by atoms with E-state index >= 15 is 0 Å². The van der Waals surface area contributed by atoms with E-state index in [-0.39, 0.29) is 17.9 Å². The van der Waals surface area contributed by atoms with Crippen LogP contribution in [0, 0.1) is 5.92 Å². The second-order valence-electron chi connectivity index (χ2n) is 3.97. The Kier molecular flexibility index (Phi) is 4.38. The van der Waals surface area contributed by atoms with Crippen molar-refractivity contribution < 1.29 is 9.53 Å². The summed E-state index contributed by atoms with van der Waals surface area (Å²) in [5.74, 6) is 0.271. The first kappa shape index (κ1) is 12.0. The molecule has 0 bridgehead atoms. The van der Waals surface area contributed by atoms with Gasteiger partial charge in [0.05, 0.1) is 12.0 Å². The predicted octanol–water partition coefficient (Wildman–Crippen LogP) is 1.65. The molecule has 1 aliphatic rings. The van der Waals surface area contributed by atoms with Gasteiger partial charge in [-0.15, -0.1) is 0 Å². The van der Waals surface area contributed by atoms with Crippen molar-refractivity contribution >= 4 is 21.8 Å². The summed E-state index contributed by atoms with van der Waals surface area (Å²) in [5.41, 5.74) is 0. The summed E-state index contributed by atoms with van der Waals surface area (Å²) in [5, 5.41) is 0. The van der Waals surface area contributed by atoms with Crippen LogP contribution in [0.2, 0.25) is 0 Å². The maximum absolute atomic E-state index is 11.9. The molecule has 1 heterocycles. The van der Waals surface area contributed by atoms with Gasteiger partial charge in [0.2, 0.25) is 5.91 Å². The topological polar surface area (TPSA) is 29.5 Å². The van der Waals surface area contributed by atoms with Gasteiger partial charge in [0.1, 0.15) is 0 Å². The lowest BCUT2D eigenvalue weighted by molar-refractivity contribution is -0.135. The van der Waals surface area contributed by atoms with Crippen molar-refractivity contribution in [1.29, 1.82) is 0 Å². The van der Waals surface area contributed by atoms with E-state index in [0.717, 1.165) is 19.6 Å². The fraction of sp³-hybridized carbons (Fsp3) is 0.900. The number of rotatable bonds is 3. The van der Waals surface area contributed by atoms with Gasteiger partial charge in [-0.1, -0.05) is 22.9 Å². The molecule has 0 aromatic carbocycles. The number of halogens is 1. The second-order valence-corrected chi connectivity index (χ2v) is 5.53. The lowest BCUT2D eigenvalue weighted by Crippen LogP contribution is -2.38. The number of amides is 1. The molecule has 0 aromatic heterocycles. The van der Waals surface area contributed by atoms with Crippen LogP contribution in [-0.2, 0) is 9.53 Å². The van der Waals surface area contributed by atoms with Gasteiger partial charge in [0.25, 0.3) is 0 Å². The van der Waals surface area contributed by atoms with Gasteiger partial charge in [-0.05, 0) is 13.3 Å². The van der Waals surface area contributed by atoms with E-state index in [2.05, 4.69) is 15.9 Å². The average Bonchev–Trinajstić information content (AvgIpc) is 2.48. The third-order valence-corrected chi connectivity index (χ3v) is 2.88. The number of alkyl halides is 1. The number of carbonyl (C=O) groups excluding carboxylic acids is 1. The summed E-state index contributed by atoms with van der Waals surface area (Å²) in [7, 11) is 1.85. The summed E-state index contributed by atoms with van der Waals surface area (Å²) in [6.07, 6.45) is 0.941. The Bertz CT molecular complexity index is 208. The first-order valence-corrected chi connectivity index (χ1v) is 5.94. The van der Waals surface area contributed by atoms with Crippen LogP contribution in [0.25, 0.3) is 0 Å². The number of ether oxygens (including phenoxy) is 1. The van der Waals surface area contributed by atoms with Crippen LogP contribution in [0.4, 0.5) is 0 Å². The molecule has 14 heavy (non-hydrogen) atoms. The molecule has 1 aliphatic heterocycles. The second kappa shape index (κ2) is 5.12. The first-order valence-electron chi connectivity index (χ1n) is 5.03. The molecule has 0 N–H and O–H groups in total. The fourth-order valence-corrected chi connectivity index (χ4v) is 2.24. The standard InChI is InChI=1S/C10H18BrNO2/c1-7(11)6-12(3)10(13)9-4-5-14-8(9)2/h7-9H,4-6H2,1-3H3. The Balaban J connectivity index is 2.47. The van der Waals surface area contributed by atoms with Gasteiger partial charge in [-0.2, -0.15) is 0 Å². The third kappa shape index (κ3) is 2.95. The van der Waals surface area contributed by atoms with E-state index in [1.54, 1.807) is 4.90 Å². The van der Waals surface area contributed by atoms with Crippen LogP contribution in [-0.4, -0.2) is 41.9 Å². The minimum absolute atomic E-state index is 0.0613. The summed E-state index contributed by atoms with van der Waals surface area (Å²) < 4.78 is 5.38. The molecule has 1 amide bonds. The van der Waals surface area contributed by atoms with Gasteiger partial charge >= 0.3 is 0 Å². The van der Waals surface area contributed by atoms with Crippen LogP contribution < -0.4 is 0 Å². The van der Waals surface area contributed by atoms with E-state index in [4.69, 9.17) is 4.74 Å². The third-order valence-electron chi connectivity index (χ3n) is 2.60. The van der Waals surface area contributed by atoms with Crippen LogP contribution in [0.15, 0.2) is 0 Å². The van der Waals surface area contributed by atoms with Crippen LogP contribution in [0.1, 0.15) is 20.3 Å². The van der Waals surface area contributed by atoms with E-state index in [1.165, 1.54) is 0 Å². The Morgan fingerprint density at radius 3 is 2.79 bits per heavy atom. The SMILES string of the molecule is CC(Br)CN(C)C(=O)C1CCOC1C. The molecule has 0 aliphatic carbocycles. The van der Waals surface area contributed by atoms with E-state index < -0.39 is 0 Å². The highest BCUT2D eigenvalue weighted by Gasteiger charge is 2.32. The largest absolute Gasteiger partial charge is 0.378 e. The number of hydrogen-bond acceptors (Lipinski definition) is 2. The zero-order chi connectivity index (χ0) is 10.7. The molecular weight excluding hydrogens is 246 g/mol. The molecule has 3 atom stereocenters.